The van der Waals surface area contributed by atoms with E-state index in [4.69, 9.17) is 4.74 Å². The van der Waals surface area contributed by atoms with E-state index in [9.17, 15) is 31.5 Å². The van der Waals surface area contributed by atoms with Crippen molar-refractivity contribution in [2.24, 2.45) is 5.92 Å². The molecule has 2 aromatic rings. The summed E-state index contributed by atoms with van der Waals surface area (Å²) in [5.74, 6) is -6.63. The Morgan fingerprint density at radius 2 is 1.88 bits per heavy atom. The summed E-state index contributed by atoms with van der Waals surface area (Å²) in [6, 6.07) is 5.07. The molecule has 12 heteroatoms. The number of amides is 2. The first kappa shape index (κ1) is 23.9. The summed E-state index contributed by atoms with van der Waals surface area (Å²) in [5, 5.41) is 0. The SMILES string of the molecule is CC(F)(F)c1ccc(CN2C(=O)CN(c3ncc(OC(F)F)cc3F)C(=O)C2C2COC2)cc1. The normalized spacial score (nSPS) is 19.6. The predicted octanol–water partition coefficient (Wildman–Crippen LogP) is 3.32. The molecule has 1 atom stereocenters. The second-order valence-electron chi connectivity index (χ2n) is 8.13. The third-order valence-corrected chi connectivity index (χ3v) is 5.67. The Hall–Kier alpha value is -3.28. The van der Waals surface area contributed by atoms with Crippen molar-refractivity contribution in [1.82, 2.24) is 9.88 Å². The molecule has 0 aliphatic carbocycles. The van der Waals surface area contributed by atoms with Gasteiger partial charge in [-0.3, -0.25) is 14.5 Å². The third kappa shape index (κ3) is 4.81. The highest BCUT2D eigenvalue weighted by atomic mass is 19.3. The van der Waals surface area contributed by atoms with E-state index in [0.717, 1.165) is 18.0 Å². The van der Waals surface area contributed by atoms with Crippen molar-refractivity contribution in [3.8, 4) is 5.75 Å². The summed E-state index contributed by atoms with van der Waals surface area (Å²) in [6.45, 7) is -2.56. The molecule has 0 bridgehead atoms. The van der Waals surface area contributed by atoms with Crippen LogP contribution in [0.15, 0.2) is 36.5 Å². The summed E-state index contributed by atoms with van der Waals surface area (Å²) >= 11 is 0. The number of aromatic nitrogens is 1. The van der Waals surface area contributed by atoms with E-state index in [2.05, 4.69) is 9.72 Å². The minimum absolute atomic E-state index is 0.0216. The first-order chi connectivity index (χ1) is 16.0. The Balaban J connectivity index is 1.59. The number of ether oxygens (including phenoxy) is 2. The van der Waals surface area contributed by atoms with Gasteiger partial charge in [0, 0.05) is 31.0 Å². The van der Waals surface area contributed by atoms with E-state index < -0.39 is 54.3 Å². The molecular formula is C22H20F5N3O4. The number of carbonyl (C=O) groups is 2. The second kappa shape index (κ2) is 9.16. The van der Waals surface area contributed by atoms with E-state index in [1.165, 1.54) is 29.2 Å². The van der Waals surface area contributed by atoms with Crippen molar-refractivity contribution in [3.63, 3.8) is 0 Å². The van der Waals surface area contributed by atoms with Crippen LogP contribution in [-0.2, 0) is 26.8 Å². The highest BCUT2D eigenvalue weighted by Crippen LogP contribution is 2.32. The van der Waals surface area contributed by atoms with Gasteiger partial charge in [0.25, 0.3) is 11.8 Å². The number of benzene rings is 1. The molecule has 2 aliphatic rings. The zero-order chi connectivity index (χ0) is 24.6. The highest BCUT2D eigenvalue weighted by molar-refractivity contribution is 6.06. The van der Waals surface area contributed by atoms with Gasteiger partial charge in [0.1, 0.15) is 18.3 Å². The number of carbonyl (C=O) groups excluding carboxylic acids is 2. The molecule has 7 nitrogen and oxygen atoms in total. The number of piperazine rings is 1. The molecule has 2 saturated heterocycles. The first-order valence-corrected chi connectivity index (χ1v) is 10.3. The molecule has 4 rings (SSSR count). The van der Waals surface area contributed by atoms with E-state index in [1.54, 1.807) is 0 Å². The molecule has 1 aromatic carbocycles. The van der Waals surface area contributed by atoms with Gasteiger partial charge in [-0.25, -0.2) is 18.2 Å². The van der Waals surface area contributed by atoms with Crippen LogP contribution >= 0.6 is 0 Å². The Morgan fingerprint density at radius 1 is 1.21 bits per heavy atom. The van der Waals surface area contributed by atoms with Crippen LogP contribution in [0.3, 0.4) is 0 Å². The fraction of sp³-hybridized carbons (Fsp3) is 0.409. The lowest BCUT2D eigenvalue weighted by atomic mass is 9.92. The van der Waals surface area contributed by atoms with Crippen LogP contribution in [-0.4, -0.2) is 54.1 Å². The van der Waals surface area contributed by atoms with Crippen LogP contribution in [0.2, 0.25) is 0 Å². The Labute approximate surface area is 191 Å². The number of nitrogens with zero attached hydrogens (tertiary/aromatic N) is 3. The van der Waals surface area contributed by atoms with Gasteiger partial charge in [-0.1, -0.05) is 24.3 Å². The molecule has 2 aliphatic heterocycles. The van der Waals surface area contributed by atoms with Crippen molar-refractivity contribution < 1.29 is 41.0 Å². The fourth-order valence-electron chi connectivity index (χ4n) is 3.89. The van der Waals surface area contributed by atoms with Gasteiger partial charge < -0.3 is 14.4 Å². The summed E-state index contributed by atoms with van der Waals surface area (Å²) in [7, 11) is 0. The fourth-order valence-corrected chi connectivity index (χ4v) is 3.89. The lowest BCUT2D eigenvalue weighted by Crippen LogP contribution is -2.65. The summed E-state index contributed by atoms with van der Waals surface area (Å²) < 4.78 is 75.6. The minimum atomic E-state index is -3.18. The van der Waals surface area contributed by atoms with Crippen LogP contribution in [0.4, 0.5) is 27.8 Å². The van der Waals surface area contributed by atoms with Gasteiger partial charge in [0.15, 0.2) is 11.6 Å². The van der Waals surface area contributed by atoms with Gasteiger partial charge >= 0.3 is 6.61 Å². The van der Waals surface area contributed by atoms with E-state index in [1.807, 2.05) is 0 Å². The number of anilines is 1. The lowest BCUT2D eigenvalue weighted by Gasteiger charge is -2.45. The molecule has 1 unspecified atom stereocenters. The molecule has 2 amide bonds. The maximum Gasteiger partial charge on any atom is 0.387 e. The molecule has 0 radical (unpaired) electrons. The zero-order valence-electron chi connectivity index (χ0n) is 17.9. The molecule has 0 spiro atoms. The molecule has 0 saturated carbocycles. The number of alkyl halides is 4. The smallest absolute Gasteiger partial charge is 0.387 e. The topological polar surface area (TPSA) is 72.0 Å². The molecule has 3 heterocycles. The van der Waals surface area contributed by atoms with Gasteiger partial charge in [-0.15, -0.1) is 0 Å². The van der Waals surface area contributed by atoms with E-state index >= 15 is 0 Å². The zero-order valence-corrected chi connectivity index (χ0v) is 17.9. The summed E-state index contributed by atoms with van der Waals surface area (Å²) in [6.07, 6.45) is 0.835. The average molecular weight is 485 g/mol. The Bertz CT molecular complexity index is 1070. The van der Waals surface area contributed by atoms with Gasteiger partial charge in [0.2, 0.25) is 5.91 Å². The van der Waals surface area contributed by atoms with Crippen LogP contribution in [0, 0.1) is 11.7 Å². The number of hydrogen-bond acceptors (Lipinski definition) is 5. The quantitative estimate of drug-likeness (QED) is 0.563. The minimum Gasteiger partial charge on any atom is -0.433 e. The van der Waals surface area contributed by atoms with Gasteiger partial charge in [-0.2, -0.15) is 8.78 Å². The predicted molar refractivity (Wildman–Crippen MR) is 108 cm³/mol. The molecule has 1 aromatic heterocycles. The lowest BCUT2D eigenvalue weighted by molar-refractivity contribution is -0.155. The molecule has 0 N–H and O–H groups in total. The van der Waals surface area contributed by atoms with Gasteiger partial charge in [0.05, 0.1) is 19.4 Å². The Kier molecular flexibility index (Phi) is 6.43. The van der Waals surface area contributed by atoms with Crippen molar-refractivity contribution >= 4 is 17.6 Å². The number of hydrogen-bond donors (Lipinski definition) is 0. The van der Waals surface area contributed by atoms with Crippen LogP contribution in [0.5, 0.6) is 5.75 Å². The summed E-state index contributed by atoms with van der Waals surface area (Å²) in [5.41, 5.74) is 0.346. The average Bonchev–Trinajstić information content (AvgIpc) is 2.71. The maximum absolute atomic E-state index is 14.6. The van der Waals surface area contributed by atoms with Crippen molar-refractivity contribution in [1.29, 1.82) is 0 Å². The monoisotopic (exact) mass is 485 g/mol. The number of halogens is 5. The molecule has 2 fully saturated rings. The second-order valence-corrected chi connectivity index (χ2v) is 8.13. The van der Waals surface area contributed by atoms with Gasteiger partial charge in [-0.05, 0) is 5.56 Å². The Morgan fingerprint density at radius 3 is 2.41 bits per heavy atom. The number of pyridine rings is 1. The maximum atomic E-state index is 14.6. The molecule has 182 valence electrons. The van der Waals surface area contributed by atoms with Crippen molar-refractivity contribution in [2.75, 3.05) is 24.7 Å². The van der Waals surface area contributed by atoms with E-state index in [-0.39, 0.29) is 31.2 Å². The highest BCUT2D eigenvalue weighted by Gasteiger charge is 2.47. The standard InChI is InChI=1S/C22H20F5N3O4/c1-22(26,27)14-4-2-12(3-5-14)8-29-17(31)9-30(20(32)18(29)13-10-33-11-13)19-16(23)6-15(7-28-19)34-21(24)25/h2-7,13,18,21H,8-11H2,1H3. The van der Waals surface area contributed by atoms with Crippen LogP contribution < -0.4 is 9.64 Å². The largest absolute Gasteiger partial charge is 0.433 e. The van der Waals surface area contributed by atoms with Crippen molar-refractivity contribution in [2.45, 2.75) is 32.0 Å². The van der Waals surface area contributed by atoms with E-state index in [0.29, 0.717) is 11.6 Å². The molecular weight excluding hydrogens is 465 g/mol. The summed E-state index contributed by atoms with van der Waals surface area (Å²) in [4.78, 5) is 32.3. The van der Waals surface area contributed by atoms with Crippen LogP contribution in [0.1, 0.15) is 18.1 Å². The third-order valence-electron chi connectivity index (χ3n) is 5.67. The molecule has 34 heavy (non-hydrogen) atoms. The first-order valence-electron chi connectivity index (χ1n) is 10.3. The van der Waals surface area contributed by atoms with Crippen LogP contribution in [0.25, 0.3) is 0 Å². The number of rotatable bonds is 7. The van der Waals surface area contributed by atoms with Crippen molar-refractivity contribution in [3.05, 3.63) is 53.5 Å².